The van der Waals surface area contributed by atoms with Crippen molar-refractivity contribution in [2.24, 2.45) is 0 Å². The first-order valence-corrected chi connectivity index (χ1v) is 11.8. The van der Waals surface area contributed by atoms with Crippen molar-refractivity contribution in [3.8, 4) is 0 Å². The zero-order valence-electron chi connectivity index (χ0n) is 19.0. The number of nitrogens with zero attached hydrogens (tertiary/aromatic N) is 3. The second kappa shape index (κ2) is 8.21. The van der Waals surface area contributed by atoms with Gasteiger partial charge in [0.2, 0.25) is 11.8 Å². The number of nitrogens with one attached hydrogen (secondary N) is 2. The molecule has 1 unspecified atom stereocenters. The van der Waals surface area contributed by atoms with Crippen LogP contribution in [0, 0.1) is 11.6 Å². The Morgan fingerprint density at radius 3 is 2.67 bits per heavy atom. The van der Waals surface area contributed by atoms with E-state index in [-0.39, 0.29) is 47.6 Å². The fraction of sp³-hybridized carbons (Fsp3) is 0.320. The molecular formula is C25H21F2N5O4. The van der Waals surface area contributed by atoms with Crippen LogP contribution in [-0.4, -0.2) is 44.1 Å². The summed E-state index contributed by atoms with van der Waals surface area (Å²) in [6, 6.07) is 3.32. The SMILES string of the molecule is O=C1CCC(N2Cc3cc(NC(=O)c4cnc5c(ccn5C5CCC5)c4F)c(F)cc3C2=O)C(=O)N1. The van der Waals surface area contributed by atoms with Crippen LogP contribution in [0.4, 0.5) is 14.5 Å². The van der Waals surface area contributed by atoms with Crippen molar-refractivity contribution >= 4 is 40.3 Å². The molecular weight excluding hydrogens is 472 g/mol. The minimum absolute atomic E-state index is 0.0140. The average Bonchev–Trinajstić information content (AvgIpc) is 3.35. The fourth-order valence-corrected chi connectivity index (χ4v) is 5.07. The molecule has 9 nitrogen and oxygen atoms in total. The normalized spacial score (nSPS) is 19.9. The largest absolute Gasteiger partial charge is 0.329 e. The van der Waals surface area contributed by atoms with E-state index in [9.17, 15) is 23.6 Å². The molecule has 184 valence electrons. The van der Waals surface area contributed by atoms with Gasteiger partial charge in [-0.05, 0) is 49.4 Å². The van der Waals surface area contributed by atoms with Crippen molar-refractivity contribution in [2.45, 2.75) is 50.7 Å². The molecule has 1 saturated heterocycles. The number of anilines is 1. The number of aromatic nitrogens is 2. The number of piperidine rings is 1. The van der Waals surface area contributed by atoms with Gasteiger partial charge in [0, 0.05) is 37.0 Å². The number of halogens is 2. The molecule has 1 aliphatic carbocycles. The molecule has 36 heavy (non-hydrogen) atoms. The molecule has 1 aromatic carbocycles. The molecule has 1 saturated carbocycles. The van der Waals surface area contributed by atoms with Crippen molar-refractivity contribution < 1.29 is 28.0 Å². The number of hydrogen-bond donors (Lipinski definition) is 2. The van der Waals surface area contributed by atoms with Crippen molar-refractivity contribution in [3.63, 3.8) is 0 Å². The quantitative estimate of drug-likeness (QED) is 0.543. The highest BCUT2D eigenvalue weighted by atomic mass is 19.1. The van der Waals surface area contributed by atoms with E-state index in [2.05, 4.69) is 15.6 Å². The van der Waals surface area contributed by atoms with Crippen LogP contribution in [0.1, 0.15) is 64.4 Å². The summed E-state index contributed by atoms with van der Waals surface area (Å²) in [6.07, 6.45) is 6.27. The van der Waals surface area contributed by atoms with Gasteiger partial charge >= 0.3 is 0 Å². The Morgan fingerprint density at radius 1 is 1.14 bits per heavy atom. The molecule has 0 radical (unpaired) electrons. The van der Waals surface area contributed by atoms with Gasteiger partial charge in [0.25, 0.3) is 11.8 Å². The van der Waals surface area contributed by atoms with Crippen molar-refractivity contribution in [1.82, 2.24) is 19.8 Å². The maximum absolute atomic E-state index is 15.2. The maximum atomic E-state index is 15.2. The van der Waals surface area contributed by atoms with Crippen LogP contribution in [0.5, 0.6) is 0 Å². The number of fused-ring (bicyclic) bond motifs is 2. The molecule has 2 aliphatic heterocycles. The molecule has 2 fully saturated rings. The van der Waals surface area contributed by atoms with Crippen LogP contribution in [0.15, 0.2) is 30.6 Å². The highest BCUT2D eigenvalue weighted by molar-refractivity contribution is 6.08. The van der Waals surface area contributed by atoms with Crippen LogP contribution >= 0.6 is 0 Å². The Kier molecular flexibility index (Phi) is 5.09. The molecule has 4 amide bonds. The van der Waals surface area contributed by atoms with Gasteiger partial charge in [-0.3, -0.25) is 24.5 Å². The number of hydrogen-bond acceptors (Lipinski definition) is 5. The van der Waals surface area contributed by atoms with Gasteiger partial charge in [-0.2, -0.15) is 0 Å². The Bertz CT molecular complexity index is 1480. The third kappa shape index (κ3) is 3.45. The van der Waals surface area contributed by atoms with Crippen LogP contribution < -0.4 is 10.6 Å². The number of benzene rings is 1. The van der Waals surface area contributed by atoms with E-state index in [1.807, 2.05) is 4.57 Å². The molecule has 2 N–H and O–H groups in total. The molecule has 0 bridgehead atoms. The van der Waals surface area contributed by atoms with E-state index < -0.39 is 41.3 Å². The zero-order chi connectivity index (χ0) is 25.1. The molecule has 2 aromatic heterocycles. The molecule has 11 heteroatoms. The Hall–Kier alpha value is -4.15. The number of amides is 4. The number of carbonyl (C=O) groups excluding carboxylic acids is 4. The summed E-state index contributed by atoms with van der Waals surface area (Å²) in [5, 5.41) is 4.81. The van der Waals surface area contributed by atoms with Crippen LogP contribution in [0.2, 0.25) is 0 Å². The first kappa shape index (κ1) is 22.3. The third-order valence-corrected chi connectivity index (χ3v) is 7.25. The monoisotopic (exact) mass is 493 g/mol. The lowest BCUT2D eigenvalue weighted by Gasteiger charge is -2.29. The molecule has 0 spiro atoms. The summed E-state index contributed by atoms with van der Waals surface area (Å²) in [5.41, 5.74) is 0.401. The van der Waals surface area contributed by atoms with Gasteiger partial charge in [0.1, 0.15) is 23.3 Å². The second-order valence-electron chi connectivity index (χ2n) is 9.37. The first-order chi connectivity index (χ1) is 17.3. The summed E-state index contributed by atoms with van der Waals surface area (Å²) in [6.45, 7) is 0.0140. The van der Waals surface area contributed by atoms with Crippen LogP contribution in [0.3, 0.4) is 0 Å². The smallest absolute Gasteiger partial charge is 0.260 e. The van der Waals surface area contributed by atoms with Gasteiger partial charge in [0.15, 0.2) is 0 Å². The molecule has 4 heterocycles. The summed E-state index contributed by atoms with van der Waals surface area (Å²) in [4.78, 5) is 54.9. The molecule has 6 rings (SSSR count). The topological polar surface area (TPSA) is 113 Å². The van der Waals surface area contributed by atoms with Crippen LogP contribution in [0.25, 0.3) is 11.0 Å². The van der Waals surface area contributed by atoms with E-state index >= 15 is 4.39 Å². The summed E-state index contributed by atoms with van der Waals surface area (Å²) >= 11 is 0. The van der Waals surface area contributed by atoms with E-state index in [1.165, 1.54) is 11.0 Å². The van der Waals surface area contributed by atoms with Gasteiger partial charge < -0.3 is 14.8 Å². The highest BCUT2D eigenvalue weighted by Gasteiger charge is 2.39. The zero-order valence-corrected chi connectivity index (χ0v) is 19.0. The predicted octanol–water partition coefficient (Wildman–Crippen LogP) is 3.05. The maximum Gasteiger partial charge on any atom is 0.260 e. The van der Waals surface area contributed by atoms with Gasteiger partial charge in [0.05, 0.1) is 16.6 Å². The third-order valence-electron chi connectivity index (χ3n) is 7.25. The lowest BCUT2D eigenvalue weighted by molar-refractivity contribution is -0.136. The Labute approximate surface area is 203 Å². The van der Waals surface area contributed by atoms with Gasteiger partial charge in [-0.25, -0.2) is 13.8 Å². The standard InChI is InChI=1S/C25H21F2N5O4/c26-17-9-15-12(11-32(25(15)36)19-4-5-20(33)30-24(19)35)8-18(17)29-23(34)16-10-28-22-14(21(16)27)6-7-31(22)13-2-1-3-13/h6-10,13,19H,1-5,11H2,(H,29,34)(H,30,33,35). The van der Waals surface area contributed by atoms with Gasteiger partial charge in [-0.1, -0.05) is 0 Å². The second-order valence-corrected chi connectivity index (χ2v) is 9.37. The Morgan fingerprint density at radius 2 is 1.94 bits per heavy atom. The minimum Gasteiger partial charge on any atom is -0.329 e. The van der Waals surface area contributed by atoms with Crippen LogP contribution in [-0.2, 0) is 16.1 Å². The summed E-state index contributed by atoms with van der Waals surface area (Å²) in [7, 11) is 0. The van der Waals surface area contributed by atoms with Gasteiger partial charge in [-0.15, -0.1) is 0 Å². The first-order valence-electron chi connectivity index (χ1n) is 11.8. The van der Waals surface area contributed by atoms with E-state index in [0.717, 1.165) is 31.5 Å². The highest BCUT2D eigenvalue weighted by Crippen LogP contribution is 2.35. The van der Waals surface area contributed by atoms with E-state index in [0.29, 0.717) is 11.2 Å². The van der Waals surface area contributed by atoms with Crippen molar-refractivity contribution in [2.75, 3.05) is 5.32 Å². The Balaban J connectivity index is 1.24. The number of carbonyl (C=O) groups is 4. The molecule has 1 atom stereocenters. The lowest BCUT2D eigenvalue weighted by Crippen LogP contribution is -2.52. The number of rotatable bonds is 4. The summed E-state index contributed by atoms with van der Waals surface area (Å²) < 4.78 is 32.0. The number of pyridine rings is 1. The van der Waals surface area contributed by atoms with Crippen molar-refractivity contribution in [3.05, 3.63) is 58.9 Å². The minimum atomic E-state index is -0.872. The molecule has 3 aromatic rings. The van der Waals surface area contributed by atoms with E-state index in [4.69, 9.17) is 0 Å². The molecule has 3 aliphatic rings. The van der Waals surface area contributed by atoms with Crippen molar-refractivity contribution in [1.29, 1.82) is 0 Å². The summed E-state index contributed by atoms with van der Waals surface area (Å²) in [5.74, 6) is -4.00. The average molecular weight is 493 g/mol. The number of imide groups is 1. The lowest BCUT2D eigenvalue weighted by atomic mass is 9.93. The van der Waals surface area contributed by atoms with E-state index in [1.54, 1.807) is 12.3 Å². The fourth-order valence-electron chi connectivity index (χ4n) is 5.07. The predicted molar refractivity (Wildman–Crippen MR) is 123 cm³/mol.